The monoisotopic (exact) mass is 264 g/mol. The minimum atomic E-state index is -0.0790. The fourth-order valence-corrected chi connectivity index (χ4v) is 2.11. The summed E-state index contributed by atoms with van der Waals surface area (Å²) < 4.78 is 10.5. The summed E-state index contributed by atoms with van der Waals surface area (Å²) in [5.41, 5.74) is 1.83. The lowest BCUT2D eigenvalue weighted by atomic mass is 10.2. The Balaban J connectivity index is 1.96. The fraction of sp³-hybridized carbons (Fsp3) is 0.500. The number of anilines is 1. The molecule has 1 fully saturated rings. The molecule has 0 radical (unpaired) electrons. The van der Waals surface area contributed by atoms with Crippen molar-refractivity contribution in [3.63, 3.8) is 0 Å². The van der Waals surface area contributed by atoms with Crippen LogP contribution in [0.3, 0.4) is 0 Å². The summed E-state index contributed by atoms with van der Waals surface area (Å²) in [6, 6.07) is 7.60. The lowest BCUT2D eigenvalue weighted by Crippen LogP contribution is -2.46. The number of amides is 2. The van der Waals surface area contributed by atoms with E-state index in [2.05, 4.69) is 5.32 Å². The Bertz CT molecular complexity index is 436. The summed E-state index contributed by atoms with van der Waals surface area (Å²) in [7, 11) is 1.65. The Morgan fingerprint density at radius 3 is 3.16 bits per heavy atom. The van der Waals surface area contributed by atoms with Gasteiger partial charge in [-0.3, -0.25) is 0 Å². The number of rotatable bonds is 3. The van der Waals surface area contributed by atoms with Crippen molar-refractivity contribution >= 4 is 11.7 Å². The molecule has 5 heteroatoms. The largest absolute Gasteiger partial charge is 0.380 e. The number of nitrogens with zero attached hydrogens (tertiary/aromatic N) is 1. The van der Waals surface area contributed by atoms with Crippen LogP contribution in [-0.4, -0.2) is 43.8 Å². The van der Waals surface area contributed by atoms with Gasteiger partial charge in [0, 0.05) is 25.9 Å². The van der Waals surface area contributed by atoms with E-state index in [9.17, 15) is 4.79 Å². The summed E-state index contributed by atoms with van der Waals surface area (Å²) in [5.74, 6) is 0. The van der Waals surface area contributed by atoms with Crippen LogP contribution in [0.1, 0.15) is 12.5 Å². The molecule has 1 aliphatic rings. The van der Waals surface area contributed by atoms with Gasteiger partial charge in [-0.1, -0.05) is 12.1 Å². The maximum absolute atomic E-state index is 12.1. The number of carbonyl (C=O) groups excluding carboxylic acids is 1. The Kier molecular flexibility index (Phi) is 4.76. The Morgan fingerprint density at radius 1 is 1.58 bits per heavy atom. The van der Waals surface area contributed by atoms with Crippen LogP contribution < -0.4 is 5.32 Å². The summed E-state index contributed by atoms with van der Waals surface area (Å²) in [4.78, 5) is 13.9. The number of hydrogen-bond donors (Lipinski definition) is 1. The van der Waals surface area contributed by atoms with Gasteiger partial charge in [0.15, 0.2) is 0 Å². The van der Waals surface area contributed by atoms with E-state index in [1.54, 1.807) is 12.0 Å². The van der Waals surface area contributed by atoms with E-state index in [1.165, 1.54) is 0 Å². The van der Waals surface area contributed by atoms with Gasteiger partial charge < -0.3 is 19.7 Å². The zero-order valence-electron chi connectivity index (χ0n) is 11.4. The first-order valence-corrected chi connectivity index (χ1v) is 6.44. The van der Waals surface area contributed by atoms with Crippen molar-refractivity contribution in [3.8, 4) is 0 Å². The molecule has 0 spiro atoms. The lowest BCUT2D eigenvalue weighted by Gasteiger charge is -2.31. The number of nitrogens with one attached hydrogen (secondary N) is 1. The maximum atomic E-state index is 12.1. The molecular formula is C14H20N2O3. The van der Waals surface area contributed by atoms with Gasteiger partial charge in [0.2, 0.25) is 0 Å². The molecule has 1 aliphatic heterocycles. The third-order valence-electron chi connectivity index (χ3n) is 3.02. The van der Waals surface area contributed by atoms with E-state index >= 15 is 0 Å². The highest BCUT2D eigenvalue weighted by molar-refractivity contribution is 5.89. The summed E-state index contributed by atoms with van der Waals surface area (Å²) >= 11 is 0. The van der Waals surface area contributed by atoms with Crippen LogP contribution in [0, 0.1) is 0 Å². The first-order chi connectivity index (χ1) is 9.19. The van der Waals surface area contributed by atoms with E-state index in [4.69, 9.17) is 9.47 Å². The maximum Gasteiger partial charge on any atom is 0.322 e. The van der Waals surface area contributed by atoms with E-state index in [-0.39, 0.29) is 12.1 Å². The molecule has 0 unspecified atom stereocenters. The van der Waals surface area contributed by atoms with E-state index in [0.29, 0.717) is 26.3 Å². The van der Waals surface area contributed by atoms with Gasteiger partial charge in [-0.2, -0.15) is 0 Å². The fourth-order valence-electron chi connectivity index (χ4n) is 2.11. The molecular weight excluding hydrogens is 244 g/mol. The molecule has 0 bridgehead atoms. The van der Waals surface area contributed by atoms with Crippen LogP contribution in [0.2, 0.25) is 0 Å². The molecule has 1 aromatic rings. The standard InChI is InChI=1S/C14H20N2O3/c1-11-9-16(6-7-19-11)14(17)15-13-5-3-4-12(8-13)10-18-2/h3-5,8,11H,6-7,9-10H2,1-2H3,(H,15,17)/t11-/m0/s1. The smallest absolute Gasteiger partial charge is 0.322 e. The highest BCUT2D eigenvalue weighted by Gasteiger charge is 2.21. The Hall–Kier alpha value is -1.59. The molecule has 104 valence electrons. The highest BCUT2D eigenvalue weighted by Crippen LogP contribution is 2.13. The minimum Gasteiger partial charge on any atom is -0.380 e. The molecule has 5 nitrogen and oxygen atoms in total. The highest BCUT2D eigenvalue weighted by atomic mass is 16.5. The van der Waals surface area contributed by atoms with Crippen molar-refractivity contribution in [1.82, 2.24) is 4.90 Å². The van der Waals surface area contributed by atoms with Crippen molar-refractivity contribution in [1.29, 1.82) is 0 Å². The van der Waals surface area contributed by atoms with Gasteiger partial charge >= 0.3 is 6.03 Å². The topological polar surface area (TPSA) is 50.8 Å². The number of urea groups is 1. The third kappa shape index (κ3) is 3.94. The van der Waals surface area contributed by atoms with Crippen LogP contribution in [-0.2, 0) is 16.1 Å². The number of hydrogen-bond acceptors (Lipinski definition) is 3. The molecule has 1 aromatic carbocycles. The van der Waals surface area contributed by atoms with E-state index in [1.807, 2.05) is 31.2 Å². The van der Waals surface area contributed by atoms with Gasteiger partial charge in [-0.05, 0) is 24.6 Å². The van der Waals surface area contributed by atoms with Crippen molar-refractivity contribution in [2.45, 2.75) is 19.6 Å². The third-order valence-corrected chi connectivity index (χ3v) is 3.02. The minimum absolute atomic E-state index is 0.0790. The number of morpholine rings is 1. The Morgan fingerprint density at radius 2 is 2.42 bits per heavy atom. The van der Waals surface area contributed by atoms with Crippen molar-refractivity contribution in [3.05, 3.63) is 29.8 Å². The zero-order chi connectivity index (χ0) is 13.7. The number of methoxy groups -OCH3 is 1. The lowest BCUT2D eigenvalue weighted by molar-refractivity contribution is -0.00138. The van der Waals surface area contributed by atoms with E-state index < -0.39 is 0 Å². The molecule has 1 saturated heterocycles. The van der Waals surface area contributed by atoms with Crippen molar-refractivity contribution in [2.75, 3.05) is 32.1 Å². The summed E-state index contributed by atoms with van der Waals surface area (Å²) in [5, 5.41) is 2.91. The van der Waals surface area contributed by atoms with Gasteiger partial charge in [-0.25, -0.2) is 4.79 Å². The van der Waals surface area contributed by atoms with Crippen LogP contribution in [0.5, 0.6) is 0 Å². The molecule has 2 rings (SSSR count). The van der Waals surface area contributed by atoms with Crippen molar-refractivity contribution < 1.29 is 14.3 Å². The SMILES string of the molecule is COCc1cccc(NC(=O)N2CCO[C@@H](C)C2)c1. The van der Waals surface area contributed by atoms with Crippen LogP contribution in [0.4, 0.5) is 10.5 Å². The summed E-state index contributed by atoms with van der Waals surface area (Å²) in [6.07, 6.45) is 0.0966. The molecule has 0 saturated carbocycles. The summed E-state index contributed by atoms with van der Waals surface area (Å²) in [6.45, 7) is 4.37. The van der Waals surface area contributed by atoms with Gasteiger partial charge in [0.05, 0.1) is 19.3 Å². The van der Waals surface area contributed by atoms with Crippen LogP contribution in [0.25, 0.3) is 0 Å². The quantitative estimate of drug-likeness (QED) is 0.909. The second kappa shape index (κ2) is 6.54. The predicted octanol–water partition coefficient (Wildman–Crippen LogP) is 2.09. The Labute approximate surface area is 113 Å². The molecule has 19 heavy (non-hydrogen) atoms. The molecule has 0 aliphatic carbocycles. The first kappa shape index (κ1) is 13.8. The number of carbonyl (C=O) groups is 1. The van der Waals surface area contributed by atoms with Gasteiger partial charge in [0.25, 0.3) is 0 Å². The molecule has 0 aromatic heterocycles. The van der Waals surface area contributed by atoms with Gasteiger partial charge in [0.1, 0.15) is 0 Å². The second-order valence-corrected chi connectivity index (χ2v) is 4.69. The van der Waals surface area contributed by atoms with Gasteiger partial charge in [-0.15, -0.1) is 0 Å². The molecule has 1 heterocycles. The predicted molar refractivity (Wildman–Crippen MR) is 73.2 cm³/mol. The average Bonchev–Trinajstić information content (AvgIpc) is 2.39. The van der Waals surface area contributed by atoms with Crippen LogP contribution in [0.15, 0.2) is 24.3 Å². The van der Waals surface area contributed by atoms with Crippen LogP contribution >= 0.6 is 0 Å². The molecule has 2 amide bonds. The van der Waals surface area contributed by atoms with Crippen molar-refractivity contribution in [2.24, 2.45) is 0 Å². The first-order valence-electron chi connectivity index (χ1n) is 6.44. The average molecular weight is 264 g/mol. The van der Waals surface area contributed by atoms with E-state index in [0.717, 1.165) is 11.3 Å². The normalized spacial score (nSPS) is 19.3. The molecule has 1 atom stereocenters. The second-order valence-electron chi connectivity index (χ2n) is 4.69. The number of benzene rings is 1. The number of ether oxygens (including phenoxy) is 2. The molecule has 1 N–H and O–H groups in total. The zero-order valence-corrected chi connectivity index (χ0v) is 11.4.